The fourth-order valence-electron chi connectivity index (χ4n) is 1.47. The van der Waals surface area contributed by atoms with E-state index in [1.165, 1.54) is 12.1 Å². The second kappa shape index (κ2) is 6.02. The first-order chi connectivity index (χ1) is 9.88. The third kappa shape index (κ3) is 3.45. The predicted molar refractivity (Wildman–Crippen MR) is 75.3 cm³/mol. The van der Waals surface area contributed by atoms with Crippen molar-refractivity contribution in [3.8, 4) is 0 Å². The van der Waals surface area contributed by atoms with Gasteiger partial charge >= 0.3 is 0 Å². The highest BCUT2D eigenvalue weighted by molar-refractivity contribution is 6.33. The summed E-state index contributed by atoms with van der Waals surface area (Å²) in [6.45, 7) is 0. The standard InChI is InChI=1S/C12H6Cl2FN3O3/c13-9-3-6(1-2-10(9)15)17-12(19)8-4-7(18(20)21)5-16-11(8)14/h1-5H,(H,17,19). The van der Waals surface area contributed by atoms with E-state index < -0.39 is 16.6 Å². The molecular weight excluding hydrogens is 324 g/mol. The topological polar surface area (TPSA) is 85.1 Å². The van der Waals surface area contributed by atoms with E-state index in [4.69, 9.17) is 23.2 Å². The average molecular weight is 330 g/mol. The van der Waals surface area contributed by atoms with Gasteiger partial charge in [0.2, 0.25) is 0 Å². The average Bonchev–Trinajstić information content (AvgIpc) is 2.43. The van der Waals surface area contributed by atoms with Crippen LogP contribution in [0.25, 0.3) is 0 Å². The van der Waals surface area contributed by atoms with E-state index in [0.29, 0.717) is 0 Å². The van der Waals surface area contributed by atoms with Crippen molar-refractivity contribution in [2.45, 2.75) is 0 Å². The molecule has 0 saturated carbocycles. The Balaban J connectivity index is 2.29. The number of rotatable bonds is 3. The van der Waals surface area contributed by atoms with E-state index >= 15 is 0 Å². The summed E-state index contributed by atoms with van der Waals surface area (Å²) in [5, 5.41) is 12.7. The van der Waals surface area contributed by atoms with Crippen molar-refractivity contribution >= 4 is 40.5 Å². The number of carbonyl (C=O) groups is 1. The number of amides is 1. The molecule has 9 heteroatoms. The summed E-state index contributed by atoms with van der Waals surface area (Å²) in [7, 11) is 0. The highest BCUT2D eigenvalue weighted by Gasteiger charge is 2.17. The quantitative estimate of drug-likeness (QED) is 0.528. The molecule has 0 unspecified atom stereocenters. The summed E-state index contributed by atoms with van der Waals surface area (Å²) >= 11 is 11.3. The Labute approximate surface area is 127 Å². The SMILES string of the molecule is O=C(Nc1ccc(F)c(Cl)c1)c1cc([N+](=O)[O-])cnc1Cl. The van der Waals surface area contributed by atoms with Gasteiger partial charge in [0, 0.05) is 11.8 Å². The first kappa shape index (κ1) is 15.1. The van der Waals surface area contributed by atoms with Crippen LogP contribution in [0.4, 0.5) is 15.8 Å². The fourth-order valence-corrected chi connectivity index (χ4v) is 1.84. The van der Waals surface area contributed by atoms with Gasteiger partial charge in [-0.3, -0.25) is 14.9 Å². The molecule has 1 aromatic heterocycles. The second-order valence-electron chi connectivity index (χ2n) is 3.87. The van der Waals surface area contributed by atoms with Crippen LogP contribution in [0.5, 0.6) is 0 Å². The van der Waals surface area contributed by atoms with Gasteiger partial charge in [-0.15, -0.1) is 0 Å². The number of hydrogen-bond donors (Lipinski definition) is 1. The van der Waals surface area contributed by atoms with E-state index in [9.17, 15) is 19.3 Å². The summed E-state index contributed by atoms with van der Waals surface area (Å²) in [5.41, 5.74) is -0.332. The number of nitrogens with zero attached hydrogens (tertiary/aromatic N) is 2. The molecule has 0 aliphatic carbocycles. The first-order valence-electron chi connectivity index (χ1n) is 5.45. The monoisotopic (exact) mass is 329 g/mol. The van der Waals surface area contributed by atoms with Crippen molar-refractivity contribution in [2.24, 2.45) is 0 Å². The minimum Gasteiger partial charge on any atom is -0.322 e. The highest BCUT2D eigenvalue weighted by Crippen LogP contribution is 2.23. The molecule has 0 radical (unpaired) electrons. The highest BCUT2D eigenvalue weighted by atomic mass is 35.5. The van der Waals surface area contributed by atoms with E-state index in [1.807, 2.05) is 0 Å². The molecule has 0 fully saturated rings. The van der Waals surface area contributed by atoms with Crippen LogP contribution in [-0.2, 0) is 0 Å². The number of nitro groups is 1. The third-order valence-electron chi connectivity index (χ3n) is 2.46. The number of pyridine rings is 1. The summed E-state index contributed by atoms with van der Waals surface area (Å²) < 4.78 is 13.0. The third-order valence-corrected chi connectivity index (χ3v) is 3.05. The molecule has 0 atom stereocenters. The maximum atomic E-state index is 13.0. The Morgan fingerprint density at radius 1 is 1.33 bits per heavy atom. The summed E-state index contributed by atoms with van der Waals surface area (Å²) in [5.74, 6) is -1.36. The second-order valence-corrected chi connectivity index (χ2v) is 4.64. The van der Waals surface area contributed by atoms with Gasteiger partial charge in [-0.1, -0.05) is 23.2 Å². The number of halogens is 3. The zero-order valence-electron chi connectivity index (χ0n) is 10.1. The van der Waals surface area contributed by atoms with E-state index in [2.05, 4.69) is 10.3 Å². The molecule has 1 amide bonds. The minimum absolute atomic E-state index is 0.170. The number of aromatic nitrogens is 1. The molecule has 1 heterocycles. The summed E-state index contributed by atoms with van der Waals surface area (Å²) in [6.07, 6.45) is 0.938. The lowest BCUT2D eigenvalue weighted by Gasteiger charge is -2.07. The van der Waals surface area contributed by atoms with Crippen molar-refractivity contribution in [1.82, 2.24) is 4.98 Å². The lowest BCUT2D eigenvalue weighted by molar-refractivity contribution is -0.385. The Bertz CT molecular complexity index is 740. The number of hydrogen-bond acceptors (Lipinski definition) is 4. The molecule has 0 aliphatic heterocycles. The van der Waals surface area contributed by atoms with Gasteiger partial charge in [0.1, 0.15) is 17.2 Å². The van der Waals surface area contributed by atoms with Gasteiger partial charge in [-0.05, 0) is 18.2 Å². The lowest BCUT2D eigenvalue weighted by Crippen LogP contribution is -2.13. The maximum absolute atomic E-state index is 13.0. The Morgan fingerprint density at radius 2 is 2.05 bits per heavy atom. The lowest BCUT2D eigenvalue weighted by atomic mass is 10.2. The van der Waals surface area contributed by atoms with Crippen LogP contribution >= 0.6 is 23.2 Å². The smallest absolute Gasteiger partial charge is 0.288 e. The fraction of sp³-hybridized carbons (Fsp3) is 0. The largest absolute Gasteiger partial charge is 0.322 e. The van der Waals surface area contributed by atoms with Crippen LogP contribution in [0.15, 0.2) is 30.5 Å². The van der Waals surface area contributed by atoms with E-state index in [1.54, 1.807) is 0 Å². The molecule has 0 saturated heterocycles. The minimum atomic E-state index is -0.723. The molecular formula is C12H6Cl2FN3O3. The Morgan fingerprint density at radius 3 is 2.67 bits per heavy atom. The molecule has 0 spiro atoms. The molecule has 6 nitrogen and oxygen atoms in total. The van der Waals surface area contributed by atoms with Gasteiger partial charge in [0.05, 0.1) is 15.5 Å². The molecule has 2 rings (SSSR count). The number of benzene rings is 1. The number of anilines is 1. The van der Waals surface area contributed by atoms with Gasteiger partial charge < -0.3 is 5.32 Å². The maximum Gasteiger partial charge on any atom is 0.288 e. The van der Waals surface area contributed by atoms with Crippen LogP contribution in [0.2, 0.25) is 10.2 Å². The molecule has 1 N–H and O–H groups in total. The van der Waals surface area contributed by atoms with Crippen molar-refractivity contribution in [2.75, 3.05) is 5.32 Å². The zero-order chi connectivity index (χ0) is 15.6. The van der Waals surface area contributed by atoms with Crippen molar-refractivity contribution in [3.05, 3.63) is 62.1 Å². The van der Waals surface area contributed by atoms with E-state index in [-0.39, 0.29) is 27.1 Å². The zero-order valence-corrected chi connectivity index (χ0v) is 11.7. The predicted octanol–water partition coefficient (Wildman–Crippen LogP) is 3.69. The molecule has 21 heavy (non-hydrogen) atoms. The normalized spacial score (nSPS) is 10.2. The van der Waals surface area contributed by atoms with Gasteiger partial charge in [-0.25, -0.2) is 9.37 Å². The number of carbonyl (C=O) groups excluding carboxylic acids is 1. The molecule has 0 aliphatic rings. The van der Waals surface area contributed by atoms with Gasteiger partial charge in [-0.2, -0.15) is 0 Å². The van der Waals surface area contributed by atoms with Crippen LogP contribution in [0, 0.1) is 15.9 Å². The van der Waals surface area contributed by atoms with Crippen LogP contribution in [0.3, 0.4) is 0 Å². The molecule has 108 valence electrons. The Hall–Kier alpha value is -2.25. The van der Waals surface area contributed by atoms with Crippen molar-refractivity contribution < 1.29 is 14.1 Å². The first-order valence-corrected chi connectivity index (χ1v) is 6.20. The van der Waals surface area contributed by atoms with Crippen molar-refractivity contribution in [1.29, 1.82) is 0 Å². The molecule has 0 bridgehead atoms. The Kier molecular flexibility index (Phi) is 4.35. The molecule has 2 aromatic rings. The van der Waals surface area contributed by atoms with Crippen molar-refractivity contribution in [3.63, 3.8) is 0 Å². The van der Waals surface area contributed by atoms with E-state index in [0.717, 1.165) is 18.3 Å². The van der Waals surface area contributed by atoms with Crippen LogP contribution < -0.4 is 5.32 Å². The van der Waals surface area contributed by atoms with Crippen LogP contribution in [-0.4, -0.2) is 15.8 Å². The van der Waals surface area contributed by atoms with Gasteiger partial charge in [0.25, 0.3) is 11.6 Å². The van der Waals surface area contributed by atoms with Crippen LogP contribution in [0.1, 0.15) is 10.4 Å². The van der Waals surface area contributed by atoms with Gasteiger partial charge in [0.15, 0.2) is 0 Å². The summed E-state index contributed by atoms with van der Waals surface area (Å²) in [6, 6.07) is 4.56. The number of nitrogens with one attached hydrogen (secondary N) is 1. The summed E-state index contributed by atoms with van der Waals surface area (Å²) in [4.78, 5) is 25.5. The molecule has 1 aromatic carbocycles.